The lowest BCUT2D eigenvalue weighted by Crippen LogP contribution is -2.26. The van der Waals surface area contributed by atoms with E-state index in [1.807, 2.05) is 0 Å². The summed E-state index contributed by atoms with van der Waals surface area (Å²) in [5.74, 6) is 1.13. The van der Waals surface area contributed by atoms with Crippen molar-refractivity contribution in [2.75, 3.05) is 30.8 Å². The first-order valence-corrected chi connectivity index (χ1v) is 8.79. The minimum absolute atomic E-state index is 0.204. The van der Waals surface area contributed by atoms with Gasteiger partial charge in [0.25, 0.3) is 0 Å². The number of methoxy groups -OCH3 is 1. The molecular weight excluding hydrogens is 284 g/mol. The molecule has 0 bridgehead atoms. The van der Waals surface area contributed by atoms with Gasteiger partial charge in [-0.2, -0.15) is 0 Å². The largest absolute Gasteiger partial charge is 0.492 e. The third kappa shape index (κ3) is 3.03. The maximum absolute atomic E-state index is 12.4. The van der Waals surface area contributed by atoms with Gasteiger partial charge in [0.1, 0.15) is 5.00 Å². The van der Waals surface area contributed by atoms with Gasteiger partial charge < -0.3 is 15.4 Å². The molecule has 116 valence electrons. The fourth-order valence-electron chi connectivity index (χ4n) is 2.99. The molecule has 4 nitrogen and oxygen atoms in total. The van der Waals surface area contributed by atoms with Crippen molar-refractivity contribution < 1.29 is 9.53 Å². The van der Waals surface area contributed by atoms with Crippen molar-refractivity contribution in [1.82, 2.24) is 0 Å². The van der Waals surface area contributed by atoms with Crippen LogP contribution in [0.25, 0.3) is 0 Å². The molecule has 1 aliphatic carbocycles. The first-order valence-electron chi connectivity index (χ1n) is 7.97. The van der Waals surface area contributed by atoms with Crippen LogP contribution in [0.4, 0.5) is 10.7 Å². The molecule has 0 atom stereocenters. The van der Waals surface area contributed by atoms with Crippen LogP contribution in [0.1, 0.15) is 54.6 Å². The van der Waals surface area contributed by atoms with E-state index in [4.69, 9.17) is 10.5 Å². The summed E-state index contributed by atoms with van der Waals surface area (Å²) in [5.41, 5.74) is 6.75. The highest BCUT2D eigenvalue weighted by atomic mass is 32.1. The van der Waals surface area contributed by atoms with Crippen molar-refractivity contribution in [1.29, 1.82) is 0 Å². The van der Waals surface area contributed by atoms with Crippen molar-refractivity contribution in [2.45, 2.75) is 44.9 Å². The summed E-state index contributed by atoms with van der Waals surface area (Å²) in [6.07, 6.45) is 8.33. The van der Waals surface area contributed by atoms with Crippen LogP contribution in [0.3, 0.4) is 0 Å². The zero-order chi connectivity index (χ0) is 14.8. The molecule has 0 unspecified atom stereocenters. The number of hydrogen-bond donors (Lipinski definition) is 1. The predicted molar refractivity (Wildman–Crippen MR) is 87.6 cm³/mol. The number of ether oxygens (including phenoxy) is 1. The Bertz CT molecular complexity index is 515. The number of nitrogen functional groups attached to an aromatic ring is 1. The lowest BCUT2D eigenvalue weighted by atomic mass is 10.1. The maximum Gasteiger partial charge on any atom is 0.178 e. The molecule has 2 N–H and O–H groups in total. The number of carbonyl (C=O) groups excluding carboxylic acids is 1. The highest BCUT2D eigenvalue weighted by Crippen LogP contribution is 2.48. The second-order valence-corrected chi connectivity index (χ2v) is 7.08. The van der Waals surface area contributed by atoms with Gasteiger partial charge in [0, 0.05) is 19.0 Å². The van der Waals surface area contributed by atoms with Crippen LogP contribution in [0.5, 0.6) is 5.75 Å². The van der Waals surface area contributed by atoms with Crippen LogP contribution >= 0.6 is 11.3 Å². The van der Waals surface area contributed by atoms with E-state index in [1.54, 1.807) is 7.11 Å². The summed E-state index contributed by atoms with van der Waals surface area (Å²) < 4.78 is 5.52. The Kier molecular flexibility index (Phi) is 4.38. The smallest absolute Gasteiger partial charge is 0.178 e. The van der Waals surface area contributed by atoms with Crippen molar-refractivity contribution in [2.24, 2.45) is 5.92 Å². The molecule has 1 saturated carbocycles. The fraction of sp³-hybridized carbons (Fsp3) is 0.688. The second-order valence-electron chi connectivity index (χ2n) is 6.08. The van der Waals surface area contributed by atoms with E-state index in [-0.39, 0.29) is 11.7 Å². The second kappa shape index (κ2) is 6.26. The van der Waals surface area contributed by atoms with E-state index in [9.17, 15) is 4.79 Å². The van der Waals surface area contributed by atoms with Crippen LogP contribution in [0.2, 0.25) is 0 Å². The summed E-state index contributed by atoms with van der Waals surface area (Å²) in [5, 5.41) is 1.06. The average molecular weight is 308 g/mol. The van der Waals surface area contributed by atoms with Gasteiger partial charge in [-0.25, -0.2) is 0 Å². The molecule has 5 heteroatoms. The number of nitrogens with zero attached hydrogens (tertiary/aromatic N) is 1. The fourth-order valence-corrected chi connectivity index (χ4v) is 4.25. The molecule has 3 rings (SSSR count). The molecule has 1 aliphatic heterocycles. The third-order valence-electron chi connectivity index (χ3n) is 4.40. The topological polar surface area (TPSA) is 55.6 Å². The van der Waals surface area contributed by atoms with Gasteiger partial charge in [0.2, 0.25) is 0 Å². The lowest BCUT2D eigenvalue weighted by Gasteiger charge is -2.26. The molecule has 1 aromatic rings. The number of hydrogen-bond acceptors (Lipinski definition) is 5. The Labute approximate surface area is 130 Å². The molecule has 0 amide bonds. The summed E-state index contributed by atoms with van der Waals surface area (Å²) in [6.45, 7) is 2.07. The minimum Gasteiger partial charge on any atom is -0.492 e. The van der Waals surface area contributed by atoms with E-state index in [0.29, 0.717) is 16.3 Å². The molecule has 0 aromatic carbocycles. The van der Waals surface area contributed by atoms with Gasteiger partial charge >= 0.3 is 0 Å². The quantitative estimate of drug-likeness (QED) is 0.862. The normalized spacial score (nSPS) is 20.0. The Morgan fingerprint density at radius 1 is 1.19 bits per heavy atom. The van der Waals surface area contributed by atoms with Crippen molar-refractivity contribution in [3.05, 3.63) is 4.88 Å². The van der Waals surface area contributed by atoms with Gasteiger partial charge in [-0.15, -0.1) is 11.3 Å². The van der Waals surface area contributed by atoms with Crippen molar-refractivity contribution in [3.63, 3.8) is 0 Å². The summed E-state index contributed by atoms with van der Waals surface area (Å²) >= 11 is 1.54. The van der Waals surface area contributed by atoms with Crippen molar-refractivity contribution in [3.8, 4) is 5.75 Å². The lowest BCUT2D eigenvalue weighted by molar-refractivity contribution is 0.0972. The summed E-state index contributed by atoms with van der Waals surface area (Å²) in [7, 11) is 1.65. The van der Waals surface area contributed by atoms with E-state index < -0.39 is 0 Å². The van der Waals surface area contributed by atoms with Crippen molar-refractivity contribution >= 4 is 27.8 Å². The van der Waals surface area contributed by atoms with Crippen LogP contribution in [-0.2, 0) is 0 Å². The van der Waals surface area contributed by atoms with E-state index in [0.717, 1.165) is 30.9 Å². The molecule has 21 heavy (non-hydrogen) atoms. The molecule has 2 aliphatic rings. The van der Waals surface area contributed by atoms with Crippen LogP contribution in [-0.4, -0.2) is 26.0 Å². The summed E-state index contributed by atoms with van der Waals surface area (Å²) in [6, 6.07) is 0. The van der Waals surface area contributed by atoms with Gasteiger partial charge in [-0.1, -0.05) is 19.3 Å². The number of carbonyl (C=O) groups is 1. The van der Waals surface area contributed by atoms with Crippen LogP contribution < -0.4 is 15.4 Å². The van der Waals surface area contributed by atoms with E-state index in [2.05, 4.69) is 4.90 Å². The minimum atomic E-state index is 0.204. The molecule has 2 fully saturated rings. The predicted octanol–water partition coefficient (Wildman–Crippen LogP) is 3.70. The Balaban J connectivity index is 1.88. The number of Topliss-reactive ketones (excluding diaryl/α,β-unsaturated/α-hetero) is 1. The molecule has 2 heterocycles. The van der Waals surface area contributed by atoms with E-state index in [1.165, 1.54) is 43.4 Å². The Hall–Kier alpha value is -1.23. The first kappa shape index (κ1) is 14.7. The van der Waals surface area contributed by atoms with E-state index >= 15 is 0 Å². The Morgan fingerprint density at radius 2 is 1.81 bits per heavy atom. The monoisotopic (exact) mass is 308 g/mol. The van der Waals surface area contributed by atoms with Crippen LogP contribution in [0.15, 0.2) is 0 Å². The van der Waals surface area contributed by atoms with Gasteiger partial charge in [-0.3, -0.25) is 4.79 Å². The molecule has 0 radical (unpaired) electrons. The number of rotatable bonds is 4. The molecule has 1 saturated heterocycles. The number of ketones is 1. The zero-order valence-electron chi connectivity index (χ0n) is 12.7. The average Bonchev–Trinajstić information content (AvgIpc) is 3.22. The van der Waals surface area contributed by atoms with Gasteiger partial charge in [-0.05, 0) is 25.7 Å². The SMILES string of the molecule is COc1c(N2CCCCCCC2)sc(C(=O)C2CC2)c1N. The van der Waals surface area contributed by atoms with Gasteiger partial charge in [0.05, 0.1) is 17.7 Å². The standard InChI is InChI=1S/C16H24N2O2S/c1-20-14-12(17)15(13(19)11-7-8-11)21-16(14)18-9-5-3-2-4-6-10-18/h11H,2-10,17H2,1H3. The molecule has 0 spiro atoms. The highest BCUT2D eigenvalue weighted by Gasteiger charge is 2.35. The zero-order valence-corrected chi connectivity index (χ0v) is 13.5. The first-order chi connectivity index (χ1) is 10.2. The molecular formula is C16H24N2O2S. The number of thiophene rings is 1. The third-order valence-corrected chi connectivity index (χ3v) is 5.66. The number of anilines is 2. The maximum atomic E-state index is 12.4. The summed E-state index contributed by atoms with van der Waals surface area (Å²) in [4.78, 5) is 15.4. The number of nitrogens with two attached hydrogens (primary N) is 1. The Morgan fingerprint density at radius 3 is 2.38 bits per heavy atom. The van der Waals surface area contributed by atoms with Crippen LogP contribution in [0, 0.1) is 5.92 Å². The molecule has 1 aromatic heterocycles. The van der Waals surface area contributed by atoms with Gasteiger partial charge in [0.15, 0.2) is 11.5 Å². The highest BCUT2D eigenvalue weighted by molar-refractivity contribution is 7.19.